The predicted molar refractivity (Wildman–Crippen MR) is 125 cm³/mol. The first-order valence-corrected chi connectivity index (χ1v) is 11.6. The van der Waals surface area contributed by atoms with Crippen LogP contribution in [0.5, 0.6) is 11.5 Å². The third-order valence-electron chi connectivity index (χ3n) is 5.70. The van der Waals surface area contributed by atoms with Crippen LogP contribution in [0.3, 0.4) is 0 Å². The number of hydrogen-bond donors (Lipinski definition) is 1. The highest BCUT2D eigenvalue weighted by Gasteiger charge is 2.31. The summed E-state index contributed by atoms with van der Waals surface area (Å²) < 4.78 is 10.6. The van der Waals surface area contributed by atoms with E-state index in [0.717, 1.165) is 28.8 Å². The third kappa shape index (κ3) is 4.95. The van der Waals surface area contributed by atoms with Crippen LogP contribution in [-0.2, 0) is 0 Å². The minimum atomic E-state index is -0.849. The van der Waals surface area contributed by atoms with Crippen LogP contribution in [0.15, 0.2) is 48.0 Å². The predicted octanol–water partition coefficient (Wildman–Crippen LogP) is 4.72. The van der Waals surface area contributed by atoms with E-state index in [9.17, 15) is 9.90 Å². The second-order valence-electron chi connectivity index (χ2n) is 8.18. The molecule has 1 amide bonds. The van der Waals surface area contributed by atoms with Crippen molar-refractivity contribution in [2.24, 2.45) is 5.92 Å². The summed E-state index contributed by atoms with van der Waals surface area (Å²) in [6, 6.07) is 13.4. The highest BCUT2D eigenvalue weighted by atomic mass is 32.1. The quantitative estimate of drug-likeness (QED) is 0.509. The van der Waals surface area contributed by atoms with Crippen molar-refractivity contribution < 1.29 is 19.4 Å². The van der Waals surface area contributed by atoms with E-state index in [1.165, 1.54) is 11.3 Å². The molecule has 1 N–H and O–H groups in total. The van der Waals surface area contributed by atoms with E-state index in [0.29, 0.717) is 35.2 Å². The van der Waals surface area contributed by atoms with Gasteiger partial charge in [0.25, 0.3) is 5.91 Å². The Hall–Kier alpha value is -2.90. The third-order valence-corrected chi connectivity index (χ3v) is 6.57. The van der Waals surface area contributed by atoms with Crippen LogP contribution in [0.25, 0.3) is 10.4 Å². The van der Waals surface area contributed by atoms with Gasteiger partial charge in [0.2, 0.25) is 0 Å². The first-order chi connectivity index (χ1) is 15.5. The minimum Gasteiger partial charge on any atom is -0.493 e. The van der Waals surface area contributed by atoms with Crippen LogP contribution in [0.4, 0.5) is 0 Å². The number of aliphatic hydroxyl groups is 1. The van der Waals surface area contributed by atoms with Gasteiger partial charge < -0.3 is 19.5 Å². The molecular formula is C25H28N2O4S. The van der Waals surface area contributed by atoms with E-state index in [1.54, 1.807) is 42.8 Å². The van der Waals surface area contributed by atoms with Gasteiger partial charge in [-0.05, 0) is 48.9 Å². The van der Waals surface area contributed by atoms with Crippen molar-refractivity contribution in [2.75, 3.05) is 27.3 Å². The zero-order chi connectivity index (χ0) is 22.7. The first-order valence-electron chi connectivity index (χ1n) is 10.7. The fourth-order valence-electron chi connectivity index (χ4n) is 3.77. The summed E-state index contributed by atoms with van der Waals surface area (Å²) in [4.78, 5) is 20.6. The number of amides is 1. The number of methoxy groups -OCH3 is 2. The molecule has 32 heavy (non-hydrogen) atoms. The molecule has 0 bridgehead atoms. The summed E-state index contributed by atoms with van der Waals surface area (Å²) in [7, 11) is 3.13. The summed E-state index contributed by atoms with van der Waals surface area (Å²) >= 11 is 1.46. The Morgan fingerprint density at radius 3 is 2.66 bits per heavy atom. The Labute approximate surface area is 192 Å². The monoisotopic (exact) mass is 452 g/mol. The average molecular weight is 453 g/mol. The second-order valence-corrected chi connectivity index (χ2v) is 9.04. The van der Waals surface area contributed by atoms with Gasteiger partial charge in [0.15, 0.2) is 11.5 Å². The number of thiazole rings is 1. The molecule has 0 spiro atoms. The lowest BCUT2D eigenvalue weighted by Gasteiger charge is -2.26. The Morgan fingerprint density at radius 2 is 1.97 bits per heavy atom. The Bertz CT molecular complexity index is 1090. The van der Waals surface area contributed by atoms with Crippen LogP contribution in [-0.4, -0.2) is 48.2 Å². The molecule has 0 saturated heterocycles. The molecule has 1 atom stereocenters. The number of aromatic nitrogens is 1. The summed E-state index contributed by atoms with van der Waals surface area (Å²) in [6.07, 6.45) is 1.37. The van der Waals surface area contributed by atoms with Gasteiger partial charge in [-0.15, -0.1) is 11.3 Å². The molecule has 1 fully saturated rings. The number of aryl methyl sites for hydroxylation is 1. The van der Waals surface area contributed by atoms with E-state index < -0.39 is 6.10 Å². The second kappa shape index (κ2) is 9.71. The van der Waals surface area contributed by atoms with Gasteiger partial charge in [0.1, 0.15) is 5.69 Å². The number of benzene rings is 2. The van der Waals surface area contributed by atoms with Gasteiger partial charge in [-0.3, -0.25) is 4.79 Å². The van der Waals surface area contributed by atoms with E-state index in [-0.39, 0.29) is 12.5 Å². The Kier molecular flexibility index (Phi) is 6.77. The lowest BCUT2D eigenvalue weighted by atomic mass is 10.1. The van der Waals surface area contributed by atoms with Gasteiger partial charge in [0.05, 0.1) is 37.3 Å². The van der Waals surface area contributed by atoms with Crippen molar-refractivity contribution in [1.82, 2.24) is 9.88 Å². The number of nitrogens with zero attached hydrogens (tertiary/aromatic N) is 2. The lowest BCUT2D eigenvalue weighted by molar-refractivity contribution is 0.0606. The van der Waals surface area contributed by atoms with E-state index in [1.807, 2.05) is 25.1 Å². The maximum Gasteiger partial charge on any atom is 0.274 e. The molecule has 1 aliphatic rings. The lowest BCUT2D eigenvalue weighted by Crippen LogP contribution is -2.37. The summed E-state index contributed by atoms with van der Waals surface area (Å²) in [6.45, 7) is 2.84. The average Bonchev–Trinajstić information content (AvgIpc) is 3.49. The highest BCUT2D eigenvalue weighted by Crippen LogP contribution is 2.34. The molecule has 6 nitrogen and oxygen atoms in total. The normalized spacial score (nSPS) is 14.1. The molecule has 1 aliphatic carbocycles. The number of aliphatic hydroxyl groups excluding tert-OH is 1. The first kappa shape index (κ1) is 22.3. The van der Waals surface area contributed by atoms with E-state index >= 15 is 0 Å². The molecule has 0 radical (unpaired) electrons. The number of ether oxygens (including phenoxy) is 2. The van der Waals surface area contributed by atoms with Crippen molar-refractivity contribution in [3.63, 3.8) is 0 Å². The number of rotatable bonds is 9. The van der Waals surface area contributed by atoms with Crippen LogP contribution < -0.4 is 9.47 Å². The molecule has 1 heterocycles. The van der Waals surface area contributed by atoms with Crippen molar-refractivity contribution in [3.8, 4) is 21.9 Å². The van der Waals surface area contributed by atoms with E-state index in [2.05, 4.69) is 11.1 Å². The zero-order valence-electron chi connectivity index (χ0n) is 18.6. The topological polar surface area (TPSA) is 71.9 Å². The summed E-state index contributed by atoms with van der Waals surface area (Å²) in [5.74, 6) is 1.48. The van der Waals surface area contributed by atoms with E-state index in [4.69, 9.17) is 9.47 Å². The fraction of sp³-hybridized carbons (Fsp3) is 0.360. The maximum atomic E-state index is 13.6. The molecule has 1 unspecified atom stereocenters. The van der Waals surface area contributed by atoms with Gasteiger partial charge in [-0.1, -0.05) is 35.9 Å². The Morgan fingerprint density at radius 1 is 1.19 bits per heavy atom. The maximum absolute atomic E-state index is 13.6. The smallest absolute Gasteiger partial charge is 0.274 e. The largest absolute Gasteiger partial charge is 0.493 e. The number of carbonyl (C=O) groups is 1. The van der Waals surface area contributed by atoms with Gasteiger partial charge >= 0.3 is 0 Å². The number of hydrogen-bond acceptors (Lipinski definition) is 6. The van der Waals surface area contributed by atoms with Crippen molar-refractivity contribution in [2.45, 2.75) is 25.9 Å². The highest BCUT2D eigenvalue weighted by molar-refractivity contribution is 7.13. The van der Waals surface area contributed by atoms with Crippen molar-refractivity contribution >= 4 is 17.2 Å². The van der Waals surface area contributed by atoms with Gasteiger partial charge in [-0.25, -0.2) is 4.98 Å². The van der Waals surface area contributed by atoms with Crippen molar-refractivity contribution in [3.05, 3.63) is 64.8 Å². The minimum absolute atomic E-state index is 0.144. The summed E-state index contributed by atoms with van der Waals surface area (Å²) in [5, 5.41) is 11.0. The van der Waals surface area contributed by atoms with Crippen LogP contribution in [0.2, 0.25) is 0 Å². The SMILES string of the molecule is COc1ccc(C(O)CN(CC2CC2)C(=O)c2ncsc2-c2cccc(C)c2)cc1OC. The fourth-order valence-corrected chi connectivity index (χ4v) is 4.54. The zero-order valence-corrected chi connectivity index (χ0v) is 19.4. The molecule has 2 aromatic carbocycles. The molecular weight excluding hydrogens is 424 g/mol. The standard InChI is InChI=1S/C25H28N2O4S/c1-16-5-4-6-19(11-16)24-23(26-15-32-24)25(29)27(13-17-7-8-17)14-20(28)18-9-10-21(30-2)22(12-18)31-3/h4-6,9-12,15,17,20,28H,7-8,13-14H2,1-3H3. The molecule has 4 rings (SSSR count). The Balaban J connectivity index is 1.58. The van der Waals surface area contributed by atoms with Crippen molar-refractivity contribution in [1.29, 1.82) is 0 Å². The van der Waals surface area contributed by atoms with Crippen LogP contribution in [0, 0.1) is 12.8 Å². The molecule has 3 aromatic rings. The van der Waals surface area contributed by atoms with Crippen LogP contribution >= 0.6 is 11.3 Å². The molecule has 0 aliphatic heterocycles. The summed E-state index contributed by atoms with van der Waals surface area (Å²) in [5.41, 5.74) is 4.95. The molecule has 1 saturated carbocycles. The van der Waals surface area contributed by atoms with Gasteiger partial charge in [0, 0.05) is 6.54 Å². The van der Waals surface area contributed by atoms with Crippen LogP contribution in [0.1, 0.15) is 40.6 Å². The molecule has 168 valence electrons. The molecule has 1 aromatic heterocycles. The number of carbonyl (C=O) groups excluding carboxylic acids is 1. The molecule has 7 heteroatoms. The van der Waals surface area contributed by atoms with Gasteiger partial charge in [-0.2, -0.15) is 0 Å².